The number of nitrogens with two attached hydrogens (primary N) is 1. The summed E-state index contributed by atoms with van der Waals surface area (Å²) in [5.74, 6) is 0.0382. The van der Waals surface area contributed by atoms with Crippen molar-refractivity contribution >= 4 is 6.09 Å². The van der Waals surface area contributed by atoms with E-state index in [0.29, 0.717) is 19.5 Å². The first-order valence-corrected chi connectivity index (χ1v) is 5.64. The van der Waals surface area contributed by atoms with Gasteiger partial charge in [0, 0.05) is 6.54 Å². The van der Waals surface area contributed by atoms with Crippen LogP contribution in [0, 0.1) is 5.92 Å². The minimum absolute atomic E-state index is 0.0382. The summed E-state index contributed by atoms with van der Waals surface area (Å²) in [4.78, 5) is 13.1. The number of likely N-dealkylation sites (tertiary alicyclic amines) is 1. The molecule has 2 N–H and O–H groups in total. The quantitative estimate of drug-likeness (QED) is 0.746. The molecule has 1 amide bonds. The van der Waals surface area contributed by atoms with Gasteiger partial charge in [-0.15, -0.1) is 0 Å². The summed E-state index contributed by atoms with van der Waals surface area (Å²) in [5, 5.41) is 0. The molecule has 1 heterocycles. The molecule has 0 aromatic heterocycles. The third-order valence-corrected chi connectivity index (χ3v) is 2.47. The van der Waals surface area contributed by atoms with E-state index >= 15 is 0 Å². The predicted molar refractivity (Wildman–Crippen MR) is 59.9 cm³/mol. The van der Waals surface area contributed by atoms with Gasteiger partial charge in [-0.3, -0.25) is 0 Å². The van der Waals surface area contributed by atoms with Crippen LogP contribution < -0.4 is 5.73 Å². The molecule has 0 aromatic rings. The van der Waals surface area contributed by atoms with Crippen LogP contribution in [0.2, 0.25) is 0 Å². The lowest BCUT2D eigenvalue weighted by atomic mass is 9.97. The summed E-state index contributed by atoms with van der Waals surface area (Å²) >= 11 is 0. The Morgan fingerprint density at radius 2 is 2.12 bits per heavy atom. The van der Waals surface area contributed by atoms with Crippen LogP contribution in [0.1, 0.15) is 27.2 Å². The number of carbonyl (C=O) groups excluding carboxylic acids is 1. The Kier molecular flexibility index (Phi) is 4.13. The van der Waals surface area contributed by atoms with E-state index < -0.39 is 17.9 Å². The number of piperidine rings is 1. The molecule has 4 nitrogen and oxygen atoms in total. The van der Waals surface area contributed by atoms with Gasteiger partial charge in [0.2, 0.25) is 0 Å². The number of halogens is 1. The van der Waals surface area contributed by atoms with Crippen molar-refractivity contribution in [2.24, 2.45) is 11.7 Å². The number of amides is 1. The largest absolute Gasteiger partial charge is 0.444 e. The molecule has 1 aliphatic heterocycles. The van der Waals surface area contributed by atoms with E-state index in [1.165, 1.54) is 4.90 Å². The second-order valence-corrected chi connectivity index (χ2v) is 5.32. The van der Waals surface area contributed by atoms with Crippen molar-refractivity contribution in [2.75, 3.05) is 19.6 Å². The molecule has 1 aliphatic rings. The van der Waals surface area contributed by atoms with Crippen LogP contribution >= 0.6 is 0 Å². The average molecular weight is 232 g/mol. The van der Waals surface area contributed by atoms with E-state index in [1.54, 1.807) is 20.8 Å². The number of carbonyl (C=O) groups is 1. The van der Waals surface area contributed by atoms with Gasteiger partial charge in [-0.2, -0.15) is 0 Å². The van der Waals surface area contributed by atoms with Crippen molar-refractivity contribution in [1.29, 1.82) is 0 Å². The highest BCUT2D eigenvalue weighted by atomic mass is 19.1. The van der Waals surface area contributed by atoms with Crippen molar-refractivity contribution in [3.63, 3.8) is 0 Å². The Morgan fingerprint density at radius 1 is 1.50 bits per heavy atom. The molecule has 0 aliphatic carbocycles. The lowest BCUT2D eigenvalue weighted by molar-refractivity contribution is 0.00669. The zero-order chi connectivity index (χ0) is 12.3. The maximum absolute atomic E-state index is 13.4. The molecule has 1 fully saturated rings. The molecular formula is C11H21FN2O2. The van der Waals surface area contributed by atoms with E-state index in [2.05, 4.69) is 0 Å². The van der Waals surface area contributed by atoms with Gasteiger partial charge in [-0.05, 0) is 39.7 Å². The van der Waals surface area contributed by atoms with Crippen LogP contribution in [-0.2, 0) is 4.74 Å². The number of alkyl halides is 1. The molecule has 0 bridgehead atoms. The maximum Gasteiger partial charge on any atom is 0.410 e. The first-order chi connectivity index (χ1) is 7.31. The highest BCUT2D eigenvalue weighted by molar-refractivity contribution is 5.68. The van der Waals surface area contributed by atoms with Gasteiger partial charge in [0.25, 0.3) is 0 Å². The normalized spacial score (nSPS) is 26.7. The standard InChI is InChI=1S/C11H21FN2O2/c1-11(2,3)16-10(15)14-6-8(5-13)4-9(12)7-14/h8-9H,4-7,13H2,1-3H3. The number of hydrogen-bond acceptors (Lipinski definition) is 3. The molecular weight excluding hydrogens is 211 g/mol. The summed E-state index contributed by atoms with van der Waals surface area (Å²) in [6.45, 7) is 6.39. The molecule has 94 valence electrons. The molecule has 16 heavy (non-hydrogen) atoms. The molecule has 1 rings (SSSR count). The second kappa shape index (κ2) is 4.99. The number of nitrogens with zero attached hydrogens (tertiary/aromatic N) is 1. The lowest BCUT2D eigenvalue weighted by Gasteiger charge is -2.35. The predicted octanol–water partition coefficient (Wildman–Crippen LogP) is 1.54. The molecule has 0 saturated carbocycles. The zero-order valence-corrected chi connectivity index (χ0v) is 10.2. The fourth-order valence-electron chi connectivity index (χ4n) is 1.78. The first kappa shape index (κ1) is 13.2. The van der Waals surface area contributed by atoms with Gasteiger partial charge in [-0.25, -0.2) is 9.18 Å². The van der Waals surface area contributed by atoms with Crippen molar-refractivity contribution in [3.8, 4) is 0 Å². The Bertz CT molecular complexity index is 253. The van der Waals surface area contributed by atoms with E-state index in [0.717, 1.165) is 0 Å². The topological polar surface area (TPSA) is 55.6 Å². The smallest absolute Gasteiger partial charge is 0.410 e. The number of rotatable bonds is 1. The maximum atomic E-state index is 13.4. The van der Waals surface area contributed by atoms with Crippen molar-refractivity contribution in [2.45, 2.75) is 39.0 Å². The monoisotopic (exact) mass is 232 g/mol. The lowest BCUT2D eigenvalue weighted by Crippen LogP contribution is -2.48. The highest BCUT2D eigenvalue weighted by Gasteiger charge is 2.31. The van der Waals surface area contributed by atoms with Crippen LogP contribution in [0.4, 0.5) is 9.18 Å². The zero-order valence-electron chi connectivity index (χ0n) is 10.2. The minimum Gasteiger partial charge on any atom is -0.444 e. The van der Waals surface area contributed by atoms with Crippen molar-refractivity contribution in [3.05, 3.63) is 0 Å². The molecule has 0 aromatic carbocycles. The van der Waals surface area contributed by atoms with E-state index in [9.17, 15) is 9.18 Å². The van der Waals surface area contributed by atoms with Gasteiger partial charge in [0.05, 0.1) is 6.54 Å². The second-order valence-electron chi connectivity index (χ2n) is 5.32. The Balaban J connectivity index is 2.55. The van der Waals surface area contributed by atoms with E-state index in [-0.39, 0.29) is 12.5 Å². The molecule has 0 spiro atoms. The molecule has 5 heteroatoms. The summed E-state index contributed by atoms with van der Waals surface area (Å²) in [6.07, 6.45) is -1.00. The van der Waals surface area contributed by atoms with Gasteiger partial charge in [0.15, 0.2) is 0 Å². The van der Waals surface area contributed by atoms with Gasteiger partial charge in [-0.1, -0.05) is 0 Å². The summed E-state index contributed by atoms with van der Waals surface area (Å²) < 4.78 is 18.6. The summed E-state index contributed by atoms with van der Waals surface area (Å²) in [7, 11) is 0. The molecule has 2 atom stereocenters. The molecule has 1 saturated heterocycles. The fraction of sp³-hybridized carbons (Fsp3) is 0.909. The molecule has 2 unspecified atom stereocenters. The van der Waals surface area contributed by atoms with Crippen molar-refractivity contribution in [1.82, 2.24) is 4.90 Å². The van der Waals surface area contributed by atoms with Gasteiger partial charge >= 0.3 is 6.09 Å². The average Bonchev–Trinajstić information content (AvgIpc) is 2.14. The van der Waals surface area contributed by atoms with Crippen LogP contribution in [0.15, 0.2) is 0 Å². The van der Waals surface area contributed by atoms with Crippen LogP contribution in [-0.4, -0.2) is 42.4 Å². The third kappa shape index (κ3) is 3.96. The Morgan fingerprint density at radius 3 is 2.62 bits per heavy atom. The van der Waals surface area contributed by atoms with Crippen LogP contribution in [0.5, 0.6) is 0 Å². The Labute approximate surface area is 95.9 Å². The minimum atomic E-state index is -0.991. The third-order valence-electron chi connectivity index (χ3n) is 2.47. The number of ether oxygens (including phenoxy) is 1. The summed E-state index contributed by atoms with van der Waals surface area (Å²) in [5.41, 5.74) is 4.97. The highest BCUT2D eigenvalue weighted by Crippen LogP contribution is 2.20. The summed E-state index contributed by atoms with van der Waals surface area (Å²) in [6, 6.07) is 0. The number of hydrogen-bond donors (Lipinski definition) is 1. The van der Waals surface area contributed by atoms with Crippen LogP contribution in [0.25, 0.3) is 0 Å². The van der Waals surface area contributed by atoms with Gasteiger partial charge < -0.3 is 15.4 Å². The van der Waals surface area contributed by atoms with E-state index in [4.69, 9.17) is 10.5 Å². The Hall–Kier alpha value is -0.840. The molecule has 0 radical (unpaired) electrons. The SMILES string of the molecule is CC(C)(C)OC(=O)N1CC(F)CC(CN)C1. The van der Waals surface area contributed by atoms with E-state index in [1.807, 2.05) is 0 Å². The van der Waals surface area contributed by atoms with Crippen LogP contribution in [0.3, 0.4) is 0 Å². The fourth-order valence-corrected chi connectivity index (χ4v) is 1.78. The first-order valence-electron chi connectivity index (χ1n) is 5.64. The van der Waals surface area contributed by atoms with Gasteiger partial charge in [0.1, 0.15) is 11.8 Å². The van der Waals surface area contributed by atoms with Crippen molar-refractivity contribution < 1.29 is 13.9 Å².